The number of nitrogens with zero attached hydrogens (tertiary/aromatic N) is 1. The maximum absolute atomic E-state index is 13.7. The maximum Gasteiger partial charge on any atom is 0.243 e. The van der Waals surface area contributed by atoms with Crippen LogP contribution >= 0.6 is 0 Å². The Bertz CT molecular complexity index is 958. The number of nitrogens with one attached hydrogen (secondary N) is 1. The summed E-state index contributed by atoms with van der Waals surface area (Å²) in [5.41, 5.74) is 1.86. The fourth-order valence-corrected chi connectivity index (χ4v) is 5.13. The van der Waals surface area contributed by atoms with Gasteiger partial charge in [0.25, 0.3) is 0 Å². The molecule has 150 valence electrons. The SMILES string of the molecule is Cc1ccc(S(=O)(=O)N2CCCC[C@H]2CC(=O)Nc2ccc(C)c(F)c2)cc1. The first-order chi connectivity index (χ1) is 13.3. The minimum Gasteiger partial charge on any atom is -0.326 e. The summed E-state index contributed by atoms with van der Waals surface area (Å²) < 4.78 is 41.3. The number of carbonyl (C=O) groups is 1. The molecule has 0 radical (unpaired) electrons. The fourth-order valence-electron chi connectivity index (χ4n) is 3.44. The molecule has 1 fully saturated rings. The summed E-state index contributed by atoms with van der Waals surface area (Å²) in [4.78, 5) is 12.7. The summed E-state index contributed by atoms with van der Waals surface area (Å²) >= 11 is 0. The van der Waals surface area contributed by atoms with E-state index in [0.29, 0.717) is 24.2 Å². The van der Waals surface area contributed by atoms with E-state index in [1.165, 1.54) is 10.4 Å². The Morgan fingerprint density at radius 3 is 2.54 bits per heavy atom. The molecule has 2 aromatic carbocycles. The van der Waals surface area contributed by atoms with E-state index in [-0.39, 0.29) is 23.0 Å². The second kappa shape index (κ2) is 8.41. The molecule has 1 aliphatic rings. The summed E-state index contributed by atoms with van der Waals surface area (Å²) in [6.45, 7) is 3.95. The van der Waals surface area contributed by atoms with Gasteiger partial charge in [0.2, 0.25) is 15.9 Å². The first kappa shape index (κ1) is 20.5. The van der Waals surface area contributed by atoms with Crippen LogP contribution in [0.4, 0.5) is 10.1 Å². The van der Waals surface area contributed by atoms with Crippen molar-refractivity contribution in [2.45, 2.75) is 50.5 Å². The molecule has 1 saturated heterocycles. The molecule has 2 aromatic rings. The molecule has 0 aromatic heterocycles. The zero-order valence-electron chi connectivity index (χ0n) is 16.1. The molecule has 7 heteroatoms. The van der Waals surface area contributed by atoms with E-state index < -0.39 is 16.1 Å². The van der Waals surface area contributed by atoms with Crippen molar-refractivity contribution in [3.05, 3.63) is 59.4 Å². The Kier molecular flexibility index (Phi) is 6.15. The minimum absolute atomic E-state index is 0.0422. The van der Waals surface area contributed by atoms with Crippen molar-refractivity contribution in [3.8, 4) is 0 Å². The van der Waals surface area contributed by atoms with Gasteiger partial charge in [0.15, 0.2) is 0 Å². The van der Waals surface area contributed by atoms with Gasteiger partial charge in [-0.3, -0.25) is 4.79 Å². The van der Waals surface area contributed by atoms with Crippen LogP contribution in [0.15, 0.2) is 47.4 Å². The Labute approximate surface area is 165 Å². The van der Waals surface area contributed by atoms with Gasteiger partial charge in [-0.25, -0.2) is 12.8 Å². The second-order valence-corrected chi connectivity index (χ2v) is 9.19. The van der Waals surface area contributed by atoms with E-state index in [9.17, 15) is 17.6 Å². The van der Waals surface area contributed by atoms with E-state index in [2.05, 4.69) is 5.32 Å². The third-order valence-electron chi connectivity index (χ3n) is 5.08. The molecule has 0 unspecified atom stereocenters. The Hall–Kier alpha value is -2.25. The van der Waals surface area contributed by atoms with E-state index in [4.69, 9.17) is 0 Å². The highest BCUT2D eigenvalue weighted by atomic mass is 32.2. The van der Waals surface area contributed by atoms with Gasteiger partial charge in [-0.2, -0.15) is 4.31 Å². The lowest BCUT2D eigenvalue weighted by molar-refractivity contribution is -0.117. The van der Waals surface area contributed by atoms with Gasteiger partial charge in [0, 0.05) is 24.7 Å². The van der Waals surface area contributed by atoms with Gasteiger partial charge >= 0.3 is 0 Å². The van der Waals surface area contributed by atoms with Crippen molar-refractivity contribution in [2.24, 2.45) is 0 Å². The Balaban J connectivity index is 1.74. The summed E-state index contributed by atoms with van der Waals surface area (Å²) in [6.07, 6.45) is 2.31. The summed E-state index contributed by atoms with van der Waals surface area (Å²) in [7, 11) is -3.67. The molecule has 3 rings (SSSR count). The molecule has 5 nitrogen and oxygen atoms in total. The van der Waals surface area contributed by atoms with Crippen molar-refractivity contribution >= 4 is 21.6 Å². The largest absolute Gasteiger partial charge is 0.326 e. The predicted octanol–water partition coefficient (Wildman–Crippen LogP) is 4.01. The summed E-state index contributed by atoms with van der Waals surface area (Å²) in [6, 6.07) is 10.8. The van der Waals surface area contributed by atoms with E-state index in [0.717, 1.165) is 18.4 Å². The number of hydrogen-bond donors (Lipinski definition) is 1. The molecule has 1 atom stereocenters. The minimum atomic E-state index is -3.67. The number of hydrogen-bond acceptors (Lipinski definition) is 3. The Morgan fingerprint density at radius 1 is 1.14 bits per heavy atom. The lowest BCUT2D eigenvalue weighted by atomic mass is 10.0. The van der Waals surface area contributed by atoms with Crippen molar-refractivity contribution in [1.29, 1.82) is 0 Å². The van der Waals surface area contributed by atoms with Crippen molar-refractivity contribution < 1.29 is 17.6 Å². The predicted molar refractivity (Wildman–Crippen MR) is 107 cm³/mol. The monoisotopic (exact) mass is 404 g/mol. The normalized spacial score (nSPS) is 18.0. The second-order valence-electron chi connectivity index (χ2n) is 7.29. The highest BCUT2D eigenvalue weighted by molar-refractivity contribution is 7.89. The first-order valence-electron chi connectivity index (χ1n) is 9.42. The zero-order valence-corrected chi connectivity index (χ0v) is 16.9. The van der Waals surface area contributed by atoms with E-state index >= 15 is 0 Å². The number of halogens is 1. The van der Waals surface area contributed by atoms with Crippen molar-refractivity contribution in [2.75, 3.05) is 11.9 Å². The van der Waals surface area contributed by atoms with Crippen LogP contribution in [0.2, 0.25) is 0 Å². The first-order valence-corrected chi connectivity index (χ1v) is 10.9. The van der Waals surface area contributed by atoms with Crippen molar-refractivity contribution in [3.63, 3.8) is 0 Å². The Morgan fingerprint density at radius 2 is 1.86 bits per heavy atom. The smallest absolute Gasteiger partial charge is 0.243 e. The van der Waals surface area contributed by atoms with Crippen LogP contribution in [0, 0.1) is 19.7 Å². The standard InChI is InChI=1S/C21H25FN2O3S/c1-15-6-10-19(11-7-15)28(26,27)24-12-4-3-5-18(24)14-21(25)23-17-9-8-16(2)20(22)13-17/h6-11,13,18H,3-5,12,14H2,1-2H3,(H,23,25)/t18-/m0/s1. The number of rotatable bonds is 5. The molecular formula is C21H25FN2O3S. The maximum atomic E-state index is 13.7. The van der Waals surface area contributed by atoms with Crippen LogP contribution in [0.25, 0.3) is 0 Å². The van der Waals surface area contributed by atoms with Crippen LogP contribution in [0.3, 0.4) is 0 Å². The number of benzene rings is 2. The lowest BCUT2D eigenvalue weighted by Crippen LogP contribution is -2.45. The molecule has 1 aliphatic heterocycles. The van der Waals surface area contributed by atoms with Gasteiger partial charge in [-0.15, -0.1) is 0 Å². The summed E-state index contributed by atoms with van der Waals surface area (Å²) in [5, 5.41) is 2.68. The van der Waals surface area contributed by atoms with Gasteiger partial charge in [-0.1, -0.05) is 30.2 Å². The highest BCUT2D eigenvalue weighted by Crippen LogP contribution is 2.27. The lowest BCUT2D eigenvalue weighted by Gasteiger charge is -2.34. The number of carbonyl (C=O) groups excluding carboxylic acids is 1. The average Bonchev–Trinajstić information content (AvgIpc) is 2.65. The van der Waals surface area contributed by atoms with Crippen LogP contribution < -0.4 is 5.32 Å². The third-order valence-corrected chi connectivity index (χ3v) is 7.04. The van der Waals surface area contributed by atoms with Crippen LogP contribution in [0.1, 0.15) is 36.8 Å². The van der Waals surface area contributed by atoms with E-state index in [1.54, 1.807) is 43.3 Å². The zero-order chi connectivity index (χ0) is 20.3. The summed E-state index contributed by atoms with van der Waals surface area (Å²) in [5.74, 6) is -0.710. The molecule has 1 N–H and O–H groups in total. The quantitative estimate of drug-likeness (QED) is 0.819. The van der Waals surface area contributed by atoms with Gasteiger partial charge in [-0.05, 0) is 56.5 Å². The molecule has 0 saturated carbocycles. The fraction of sp³-hybridized carbons (Fsp3) is 0.381. The van der Waals surface area contributed by atoms with Crippen molar-refractivity contribution in [1.82, 2.24) is 4.31 Å². The molecule has 1 amide bonds. The molecule has 0 bridgehead atoms. The van der Waals surface area contributed by atoms with Gasteiger partial charge in [0.1, 0.15) is 5.82 Å². The number of sulfonamides is 1. The number of piperidine rings is 1. The molecular weight excluding hydrogens is 379 g/mol. The molecule has 0 spiro atoms. The number of anilines is 1. The molecule has 1 heterocycles. The van der Waals surface area contributed by atoms with Crippen LogP contribution in [-0.2, 0) is 14.8 Å². The highest BCUT2D eigenvalue weighted by Gasteiger charge is 2.34. The van der Waals surface area contributed by atoms with Gasteiger partial charge in [0.05, 0.1) is 4.90 Å². The van der Waals surface area contributed by atoms with Gasteiger partial charge < -0.3 is 5.32 Å². The van der Waals surface area contributed by atoms with Crippen LogP contribution in [0.5, 0.6) is 0 Å². The van der Waals surface area contributed by atoms with E-state index in [1.807, 2.05) is 6.92 Å². The number of amides is 1. The van der Waals surface area contributed by atoms with Crippen LogP contribution in [-0.4, -0.2) is 31.2 Å². The third kappa shape index (κ3) is 4.59. The molecule has 28 heavy (non-hydrogen) atoms. The topological polar surface area (TPSA) is 66.5 Å². The molecule has 0 aliphatic carbocycles. The average molecular weight is 405 g/mol. The number of aryl methyl sites for hydroxylation is 2.